The molecule has 1 aliphatic heterocycles. The second-order valence-electron chi connectivity index (χ2n) is 4.02. The predicted molar refractivity (Wildman–Crippen MR) is 61.8 cm³/mol. The smallest absolute Gasteiger partial charge is 0.277 e. The van der Waals surface area contributed by atoms with Gasteiger partial charge in [-0.25, -0.2) is 5.06 Å². The number of hydrogen-bond donors (Lipinski definition) is 1. The summed E-state index contributed by atoms with van der Waals surface area (Å²) in [5, 5.41) is 1.44. The van der Waals surface area contributed by atoms with Crippen LogP contribution < -0.4 is 5.73 Å². The summed E-state index contributed by atoms with van der Waals surface area (Å²) in [6.07, 6.45) is 2.01. The van der Waals surface area contributed by atoms with Crippen LogP contribution in [-0.2, 0) is 4.84 Å². The van der Waals surface area contributed by atoms with E-state index in [1.165, 1.54) is 5.06 Å². The number of benzene rings is 1. The summed E-state index contributed by atoms with van der Waals surface area (Å²) < 4.78 is 0. The first-order valence-corrected chi connectivity index (χ1v) is 5.49. The Kier molecular flexibility index (Phi) is 3.10. The maximum absolute atomic E-state index is 12.1. The molecule has 4 heteroatoms. The molecule has 0 saturated carbocycles. The summed E-state index contributed by atoms with van der Waals surface area (Å²) in [5.74, 6) is -0.0931. The number of nitrogen functional groups attached to an aromatic ring is 1. The molecule has 0 aliphatic carbocycles. The standard InChI is InChI=1S/C12H16N2O2/c1-9-4-5-10(13)8-11(9)12(15)14-6-2-3-7-16-14/h4-5,8H,2-3,6-7,13H2,1H3. The lowest BCUT2D eigenvalue weighted by molar-refractivity contribution is -0.144. The van der Waals surface area contributed by atoms with Crippen molar-refractivity contribution in [1.29, 1.82) is 0 Å². The monoisotopic (exact) mass is 220 g/mol. The normalized spacial score (nSPS) is 16.2. The molecule has 1 aromatic rings. The minimum atomic E-state index is -0.0931. The van der Waals surface area contributed by atoms with Crippen LogP contribution in [0.5, 0.6) is 0 Å². The van der Waals surface area contributed by atoms with Crippen LogP contribution >= 0.6 is 0 Å². The Morgan fingerprint density at radius 1 is 1.44 bits per heavy atom. The Morgan fingerprint density at radius 2 is 2.25 bits per heavy atom. The summed E-state index contributed by atoms with van der Waals surface area (Å²) in [6, 6.07) is 5.35. The quantitative estimate of drug-likeness (QED) is 0.733. The van der Waals surface area contributed by atoms with Crippen LogP contribution in [0, 0.1) is 6.92 Å². The van der Waals surface area contributed by atoms with Crippen LogP contribution in [0.1, 0.15) is 28.8 Å². The highest BCUT2D eigenvalue weighted by Crippen LogP contribution is 2.17. The van der Waals surface area contributed by atoms with Gasteiger partial charge in [-0.3, -0.25) is 9.63 Å². The summed E-state index contributed by atoms with van der Waals surface area (Å²) in [6.45, 7) is 3.18. The first-order chi connectivity index (χ1) is 7.68. The van der Waals surface area contributed by atoms with Gasteiger partial charge in [0, 0.05) is 17.8 Å². The Morgan fingerprint density at radius 3 is 2.94 bits per heavy atom. The van der Waals surface area contributed by atoms with E-state index in [2.05, 4.69) is 0 Å². The molecule has 0 radical (unpaired) electrons. The Balaban J connectivity index is 2.22. The van der Waals surface area contributed by atoms with Crippen molar-refractivity contribution in [2.45, 2.75) is 19.8 Å². The number of anilines is 1. The fourth-order valence-corrected chi connectivity index (χ4v) is 1.76. The molecule has 86 valence electrons. The molecule has 1 saturated heterocycles. The van der Waals surface area contributed by atoms with E-state index in [1.807, 2.05) is 13.0 Å². The third-order valence-corrected chi connectivity index (χ3v) is 2.72. The number of nitrogens with zero attached hydrogens (tertiary/aromatic N) is 1. The topological polar surface area (TPSA) is 55.6 Å². The van der Waals surface area contributed by atoms with Crippen LogP contribution in [0.4, 0.5) is 5.69 Å². The first kappa shape index (κ1) is 11.0. The van der Waals surface area contributed by atoms with E-state index in [0.717, 1.165) is 18.4 Å². The van der Waals surface area contributed by atoms with Crippen molar-refractivity contribution >= 4 is 11.6 Å². The molecule has 2 rings (SSSR count). The molecule has 1 amide bonds. The minimum absolute atomic E-state index is 0.0931. The maximum atomic E-state index is 12.1. The lowest BCUT2D eigenvalue weighted by Gasteiger charge is -2.26. The average Bonchev–Trinajstić information content (AvgIpc) is 2.32. The fourth-order valence-electron chi connectivity index (χ4n) is 1.76. The second kappa shape index (κ2) is 4.53. The minimum Gasteiger partial charge on any atom is -0.399 e. The molecular weight excluding hydrogens is 204 g/mol. The van der Waals surface area contributed by atoms with Gasteiger partial charge in [0.25, 0.3) is 5.91 Å². The number of rotatable bonds is 1. The third-order valence-electron chi connectivity index (χ3n) is 2.72. The zero-order valence-electron chi connectivity index (χ0n) is 9.40. The SMILES string of the molecule is Cc1ccc(N)cc1C(=O)N1CCCCO1. The number of hydrogen-bond acceptors (Lipinski definition) is 3. The van der Waals surface area contributed by atoms with E-state index in [1.54, 1.807) is 12.1 Å². The maximum Gasteiger partial charge on any atom is 0.277 e. The van der Waals surface area contributed by atoms with Gasteiger partial charge in [0.1, 0.15) is 0 Å². The van der Waals surface area contributed by atoms with Gasteiger partial charge in [-0.05, 0) is 37.5 Å². The number of carbonyl (C=O) groups is 1. The molecule has 0 unspecified atom stereocenters. The van der Waals surface area contributed by atoms with Gasteiger partial charge in [0.15, 0.2) is 0 Å². The van der Waals surface area contributed by atoms with Crippen LogP contribution in [0.25, 0.3) is 0 Å². The van der Waals surface area contributed by atoms with Crippen molar-refractivity contribution in [3.63, 3.8) is 0 Å². The first-order valence-electron chi connectivity index (χ1n) is 5.49. The number of hydroxylamine groups is 2. The molecule has 0 bridgehead atoms. The van der Waals surface area contributed by atoms with Crippen LogP contribution in [0.15, 0.2) is 18.2 Å². The molecule has 16 heavy (non-hydrogen) atoms. The molecule has 0 spiro atoms. The van der Waals surface area contributed by atoms with Crippen molar-refractivity contribution in [2.24, 2.45) is 0 Å². The van der Waals surface area contributed by atoms with Crippen molar-refractivity contribution in [3.05, 3.63) is 29.3 Å². The van der Waals surface area contributed by atoms with Crippen LogP contribution in [-0.4, -0.2) is 24.1 Å². The summed E-state index contributed by atoms with van der Waals surface area (Å²) in [4.78, 5) is 17.5. The Bertz CT molecular complexity index is 398. The van der Waals surface area contributed by atoms with Gasteiger partial charge >= 0.3 is 0 Å². The molecule has 1 heterocycles. The van der Waals surface area contributed by atoms with E-state index < -0.39 is 0 Å². The highest BCUT2D eigenvalue weighted by atomic mass is 16.7. The fraction of sp³-hybridized carbons (Fsp3) is 0.417. The van der Waals surface area contributed by atoms with Gasteiger partial charge in [-0.2, -0.15) is 0 Å². The molecule has 0 aromatic heterocycles. The van der Waals surface area contributed by atoms with Crippen molar-refractivity contribution in [3.8, 4) is 0 Å². The van der Waals surface area contributed by atoms with Crippen LogP contribution in [0.2, 0.25) is 0 Å². The van der Waals surface area contributed by atoms with E-state index in [4.69, 9.17) is 10.6 Å². The van der Waals surface area contributed by atoms with E-state index >= 15 is 0 Å². The van der Waals surface area contributed by atoms with Crippen molar-refractivity contribution in [1.82, 2.24) is 5.06 Å². The molecule has 4 nitrogen and oxygen atoms in total. The Labute approximate surface area is 94.9 Å². The summed E-state index contributed by atoms with van der Waals surface area (Å²) >= 11 is 0. The lowest BCUT2D eigenvalue weighted by Crippen LogP contribution is -2.36. The van der Waals surface area contributed by atoms with E-state index in [9.17, 15) is 4.79 Å². The van der Waals surface area contributed by atoms with Crippen molar-refractivity contribution in [2.75, 3.05) is 18.9 Å². The third kappa shape index (κ3) is 2.17. The van der Waals surface area contributed by atoms with Gasteiger partial charge in [-0.15, -0.1) is 0 Å². The van der Waals surface area contributed by atoms with Crippen LogP contribution in [0.3, 0.4) is 0 Å². The van der Waals surface area contributed by atoms with E-state index in [-0.39, 0.29) is 5.91 Å². The summed E-state index contributed by atoms with van der Waals surface area (Å²) in [5.41, 5.74) is 7.84. The highest BCUT2D eigenvalue weighted by Gasteiger charge is 2.20. The van der Waals surface area contributed by atoms with E-state index in [0.29, 0.717) is 24.4 Å². The highest BCUT2D eigenvalue weighted by molar-refractivity contribution is 5.95. The predicted octanol–water partition coefficient (Wildman–Crippen LogP) is 1.74. The molecule has 1 aliphatic rings. The Hall–Kier alpha value is -1.55. The molecule has 1 aromatic carbocycles. The summed E-state index contributed by atoms with van der Waals surface area (Å²) in [7, 11) is 0. The van der Waals surface area contributed by atoms with Gasteiger partial charge in [0.05, 0.1) is 6.61 Å². The number of aryl methyl sites for hydroxylation is 1. The molecular formula is C12H16N2O2. The zero-order valence-corrected chi connectivity index (χ0v) is 9.40. The van der Waals surface area contributed by atoms with Gasteiger partial charge < -0.3 is 5.73 Å². The molecule has 0 atom stereocenters. The number of carbonyl (C=O) groups excluding carboxylic acids is 1. The number of nitrogens with two attached hydrogens (primary N) is 1. The molecule has 2 N–H and O–H groups in total. The second-order valence-corrected chi connectivity index (χ2v) is 4.02. The average molecular weight is 220 g/mol. The van der Waals surface area contributed by atoms with Gasteiger partial charge in [-0.1, -0.05) is 6.07 Å². The zero-order chi connectivity index (χ0) is 11.5. The number of amides is 1. The largest absolute Gasteiger partial charge is 0.399 e. The van der Waals surface area contributed by atoms with Crippen molar-refractivity contribution < 1.29 is 9.63 Å². The lowest BCUT2D eigenvalue weighted by atomic mass is 10.1. The van der Waals surface area contributed by atoms with Gasteiger partial charge in [0.2, 0.25) is 0 Å². The molecule has 1 fully saturated rings.